The van der Waals surface area contributed by atoms with Crippen LogP contribution in [0.5, 0.6) is 11.5 Å². The zero-order valence-corrected chi connectivity index (χ0v) is 14.9. The molecule has 0 aliphatic heterocycles. The molecule has 1 N–H and O–H groups in total. The number of nitrogens with one attached hydrogen (secondary N) is 1. The summed E-state index contributed by atoms with van der Waals surface area (Å²) in [6.07, 6.45) is 6.12. The van der Waals surface area contributed by atoms with Crippen molar-refractivity contribution >= 4 is 12.0 Å². The fraction of sp³-hybridized carbons (Fsp3) is 0.0909. The first-order valence-corrected chi connectivity index (χ1v) is 8.68. The van der Waals surface area contributed by atoms with Crippen molar-refractivity contribution in [3.05, 3.63) is 95.8 Å². The molecular formula is C22H18F2N2O2. The molecule has 1 aromatic heterocycles. The summed E-state index contributed by atoms with van der Waals surface area (Å²) >= 11 is 0. The van der Waals surface area contributed by atoms with Crippen molar-refractivity contribution in [2.45, 2.75) is 6.42 Å². The number of aromatic nitrogens is 1. The summed E-state index contributed by atoms with van der Waals surface area (Å²) in [5, 5.41) is 2.69. The van der Waals surface area contributed by atoms with E-state index in [4.69, 9.17) is 4.74 Å². The number of hydrogen-bond donors (Lipinski definition) is 1. The van der Waals surface area contributed by atoms with E-state index in [0.29, 0.717) is 24.5 Å². The van der Waals surface area contributed by atoms with E-state index in [1.165, 1.54) is 6.07 Å². The van der Waals surface area contributed by atoms with Gasteiger partial charge in [0.1, 0.15) is 23.1 Å². The molecule has 1 amide bonds. The van der Waals surface area contributed by atoms with Crippen LogP contribution in [0.1, 0.15) is 11.1 Å². The van der Waals surface area contributed by atoms with Gasteiger partial charge in [-0.15, -0.1) is 0 Å². The maximum absolute atomic E-state index is 13.5. The predicted molar refractivity (Wildman–Crippen MR) is 103 cm³/mol. The Kier molecular flexibility index (Phi) is 6.46. The predicted octanol–water partition coefficient (Wildman–Crippen LogP) is 4.52. The van der Waals surface area contributed by atoms with Gasteiger partial charge >= 0.3 is 0 Å². The molecule has 142 valence electrons. The monoisotopic (exact) mass is 380 g/mol. The lowest BCUT2D eigenvalue weighted by Gasteiger charge is -2.08. The van der Waals surface area contributed by atoms with Crippen molar-refractivity contribution in [1.82, 2.24) is 10.3 Å². The van der Waals surface area contributed by atoms with Crippen molar-refractivity contribution in [3.8, 4) is 11.5 Å². The Morgan fingerprint density at radius 3 is 2.46 bits per heavy atom. The third-order valence-corrected chi connectivity index (χ3v) is 3.90. The van der Waals surface area contributed by atoms with Crippen LogP contribution < -0.4 is 10.1 Å². The van der Waals surface area contributed by atoms with E-state index in [2.05, 4.69) is 10.3 Å². The van der Waals surface area contributed by atoms with Gasteiger partial charge < -0.3 is 10.1 Å². The number of carbonyl (C=O) groups is 1. The molecule has 3 aromatic rings. The van der Waals surface area contributed by atoms with Gasteiger partial charge in [0.15, 0.2) is 0 Å². The van der Waals surface area contributed by atoms with Crippen LogP contribution in [0.4, 0.5) is 8.78 Å². The smallest absolute Gasteiger partial charge is 0.244 e. The van der Waals surface area contributed by atoms with Crippen LogP contribution in [0.2, 0.25) is 0 Å². The van der Waals surface area contributed by atoms with Gasteiger partial charge in [-0.3, -0.25) is 9.78 Å². The highest BCUT2D eigenvalue weighted by atomic mass is 19.1. The maximum atomic E-state index is 13.5. The topological polar surface area (TPSA) is 51.2 Å². The molecule has 0 bridgehead atoms. The summed E-state index contributed by atoms with van der Waals surface area (Å²) in [5.74, 6) is -0.479. The average molecular weight is 380 g/mol. The molecule has 0 aliphatic rings. The quantitative estimate of drug-likeness (QED) is 0.613. The first kappa shape index (κ1) is 19.2. The van der Waals surface area contributed by atoms with Gasteiger partial charge in [-0.1, -0.05) is 18.2 Å². The van der Waals surface area contributed by atoms with Gasteiger partial charge in [-0.05, 0) is 54.5 Å². The molecule has 0 atom stereocenters. The number of pyridine rings is 1. The highest BCUT2D eigenvalue weighted by Gasteiger charge is 2.05. The molecule has 0 saturated carbocycles. The van der Waals surface area contributed by atoms with E-state index in [-0.39, 0.29) is 5.56 Å². The molecule has 4 nitrogen and oxygen atoms in total. The third-order valence-electron chi connectivity index (χ3n) is 3.90. The summed E-state index contributed by atoms with van der Waals surface area (Å²) in [6, 6.07) is 14.6. The van der Waals surface area contributed by atoms with Gasteiger partial charge in [0.2, 0.25) is 5.91 Å². The van der Waals surface area contributed by atoms with Crippen LogP contribution in [-0.2, 0) is 11.2 Å². The number of carbonyl (C=O) groups excluding carboxylic acids is 1. The number of amides is 1. The number of ether oxygens (including phenoxy) is 1. The van der Waals surface area contributed by atoms with Gasteiger partial charge in [0.25, 0.3) is 0 Å². The normalized spacial score (nSPS) is 10.8. The highest BCUT2D eigenvalue weighted by Crippen LogP contribution is 2.21. The summed E-state index contributed by atoms with van der Waals surface area (Å²) in [7, 11) is 0. The summed E-state index contributed by atoms with van der Waals surface area (Å²) in [4.78, 5) is 15.8. The van der Waals surface area contributed by atoms with Crippen LogP contribution in [0.3, 0.4) is 0 Å². The summed E-state index contributed by atoms with van der Waals surface area (Å²) in [6.45, 7) is 0.377. The van der Waals surface area contributed by atoms with Crippen molar-refractivity contribution in [1.29, 1.82) is 0 Å². The van der Waals surface area contributed by atoms with E-state index in [9.17, 15) is 13.6 Å². The molecule has 1 heterocycles. The largest absolute Gasteiger partial charge is 0.457 e. The number of halogens is 2. The third kappa shape index (κ3) is 5.48. The fourth-order valence-electron chi connectivity index (χ4n) is 2.52. The first-order chi connectivity index (χ1) is 13.6. The minimum Gasteiger partial charge on any atom is -0.457 e. The van der Waals surface area contributed by atoms with E-state index in [0.717, 1.165) is 29.8 Å². The van der Waals surface area contributed by atoms with Crippen LogP contribution in [0, 0.1) is 11.6 Å². The Hall–Kier alpha value is -3.54. The van der Waals surface area contributed by atoms with Gasteiger partial charge in [0.05, 0.1) is 0 Å². The zero-order chi connectivity index (χ0) is 19.8. The van der Waals surface area contributed by atoms with E-state index in [1.807, 2.05) is 24.3 Å². The average Bonchev–Trinajstić information content (AvgIpc) is 2.69. The number of nitrogens with zero attached hydrogens (tertiary/aromatic N) is 1. The molecule has 0 radical (unpaired) electrons. The number of rotatable bonds is 7. The highest BCUT2D eigenvalue weighted by molar-refractivity contribution is 5.91. The van der Waals surface area contributed by atoms with Crippen LogP contribution in [0.15, 0.2) is 73.1 Å². The lowest BCUT2D eigenvalue weighted by molar-refractivity contribution is -0.116. The maximum Gasteiger partial charge on any atom is 0.244 e. The second-order valence-corrected chi connectivity index (χ2v) is 5.94. The number of benzene rings is 2. The molecule has 28 heavy (non-hydrogen) atoms. The van der Waals surface area contributed by atoms with E-state index >= 15 is 0 Å². The lowest BCUT2D eigenvalue weighted by Crippen LogP contribution is -2.23. The minimum atomic E-state index is -0.713. The molecule has 0 aliphatic carbocycles. The van der Waals surface area contributed by atoms with Gasteiger partial charge in [-0.2, -0.15) is 0 Å². The van der Waals surface area contributed by atoms with Gasteiger partial charge in [-0.25, -0.2) is 8.78 Å². The lowest BCUT2D eigenvalue weighted by atomic mass is 10.1. The molecule has 3 rings (SSSR count). The first-order valence-electron chi connectivity index (χ1n) is 8.68. The fourth-order valence-corrected chi connectivity index (χ4v) is 2.52. The Labute approximate surface area is 161 Å². The van der Waals surface area contributed by atoms with Crippen molar-refractivity contribution in [2.24, 2.45) is 0 Å². The Bertz CT molecular complexity index is 955. The standard InChI is InChI=1S/C22H18F2N2O2/c23-20-5-2-6-21(24)19(20)7-8-22(27)26-14-9-16-3-1-4-18(15-16)28-17-10-12-25-13-11-17/h1-8,10-13,15H,9,14H2,(H,26,27). The SMILES string of the molecule is O=C(C=Cc1c(F)cccc1F)NCCc1cccc(Oc2ccncc2)c1. The van der Waals surface area contributed by atoms with E-state index in [1.54, 1.807) is 24.5 Å². The molecule has 6 heteroatoms. The Morgan fingerprint density at radius 1 is 1.00 bits per heavy atom. The minimum absolute atomic E-state index is 0.237. The molecule has 0 fully saturated rings. The van der Waals surface area contributed by atoms with Crippen LogP contribution in [-0.4, -0.2) is 17.4 Å². The number of hydrogen-bond acceptors (Lipinski definition) is 3. The van der Waals surface area contributed by atoms with Crippen molar-refractivity contribution in [2.75, 3.05) is 6.54 Å². The van der Waals surface area contributed by atoms with Crippen LogP contribution >= 0.6 is 0 Å². The molecular weight excluding hydrogens is 362 g/mol. The molecule has 2 aromatic carbocycles. The van der Waals surface area contributed by atoms with Crippen LogP contribution in [0.25, 0.3) is 6.08 Å². The van der Waals surface area contributed by atoms with Gasteiger partial charge in [0, 0.05) is 30.6 Å². The second-order valence-electron chi connectivity index (χ2n) is 5.94. The summed E-state index contributed by atoms with van der Waals surface area (Å²) in [5.41, 5.74) is 0.745. The summed E-state index contributed by atoms with van der Waals surface area (Å²) < 4.78 is 32.8. The van der Waals surface area contributed by atoms with Crippen molar-refractivity contribution in [3.63, 3.8) is 0 Å². The molecule has 0 saturated heterocycles. The molecule has 0 spiro atoms. The Balaban J connectivity index is 1.51. The second kappa shape index (κ2) is 9.41. The Morgan fingerprint density at radius 2 is 1.71 bits per heavy atom. The zero-order valence-electron chi connectivity index (χ0n) is 14.9. The van der Waals surface area contributed by atoms with E-state index < -0.39 is 17.5 Å². The molecule has 0 unspecified atom stereocenters. The van der Waals surface area contributed by atoms with Crippen molar-refractivity contribution < 1.29 is 18.3 Å².